The Morgan fingerprint density at radius 2 is 2.00 bits per heavy atom. The van der Waals surface area contributed by atoms with Gasteiger partial charge in [0, 0.05) is 13.2 Å². The maximum atomic E-state index is 11.5. The van der Waals surface area contributed by atoms with E-state index in [0.29, 0.717) is 6.61 Å². The van der Waals surface area contributed by atoms with Gasteiger partial charge in [0.25, 0.3) is 0 Å². The monoisotopic (exact) mass is 247 g/mol. The second-order valence-corrected chi connectivity index (χ2v) is 4.85. The summed E-state index contributed by atoms with van der Waals surface area (Å²) in [7, 11) is 1.58. The van der Waals surface area contributed by atoms with Crippen LogP contribution in [0.1, 0.15) is 40.5 Å². The molecular weight excluding hydrogens is 222 g/mol. The number of carbonyl (C=O) groups excluding carboxylic acids is 1. The van der Waals surface area contributed by atoms with Gasteiger partial charge < -0.3 is 19.5 Å². The highest BCUT2D eigenvalue weighted by Gasteiger charge is 2.18. The SMILES string of the molecule is CC[C@H](CCOCOC)NC(=O)OC(C)(C)C. The first-order valence-corrected chi connectivity index (χ1v) is 5.95. The summed E-state index contributed by atoms with van der Waals surface area (Å²) in [4.78, 5) is 11.5. The molecule has 102 valence electrons. The second-order valence-electron chi connectivity index (χ2n) is 4.85. The molecule has 0 aromatic heterocycles. The van der Waals surface area contributed by atoms with E-state index in [9.17, 15) is 4.79 Å². The molecular formula is C12H25NO4. The Morgan fingerprint density at radius 1 is 1.35 bits per heavy atom. The molecule has 1 N–H and O–H groups in total. The average molecular weight is 247 g/mol. The largest absolute Gasteiger partial charge is 0.444 e. The molecule has 0 aliphatic rings. The third kappa shape index (κ3) is 10.1. The fourth-order valence-electron chi connectivity index (χ4n) is 1.22. The first-order chi connectivity index (χ1) is 7.89. The lowest BCUT2D eigenvalue weighted by molar-refractivity contribution is -0.0333. The minimum atomic E-state index is -0.463. The van der Waals surface area contributed by atoms with E-state index < -0.39 is 5.60 Å². The molecule has 0 fully saturated rings. The molecule has 0 aromatic rings. The Hall–Kier alpha value is -0.810. The van der Waals surface area contributed by atoms with Gasteiger partial charge in [-0.1, -0.05) is 6.92 Å². The van der Waals surface area contributed by atoms with Crippen molar-refractivity contribution in [3.8, 4) is 0 Å². The lowest BCUT2D eigenvalue weighted by atomic mass is 10.1. The zero-order chi connectivity index (χ0) is 13.3. The van der Waals surface area contributed by atoms with Crippen molar-refractivity contribution in [2.45, 2.75) is 52.2 Å². The van der Waals surface area contributed by atoms with Crippen molar-refractivity contribution in [2.75, 3.05) is 20.5 Å². The van der Waals surface area contributed by atoms with Gasteiger partial charge >= 0.3 is 6.09 Å². The Balaban J connectivity index is 3.83. The van der Waals surface area contributed by atoms with Crippen LogP contribution in [-0.2, 0) is 14.2 Å². The molecule has 0 radical (unpaired) electrons. The molecule has 0 aromatic carbocycles. The molecule has 0 spiro atoms. The van der Waals surface area contributed by atoms with Gasteiger partial charge in [0.1, 0.15) is 12.4 Å². The minimum absolute atomic E-state index is 0.0710. The Labute approximate surface area is 104 Å². The standard InChI is InChI=1S/C12H25NO4/c1-6-10(7-8-16-9-15-5)13-11(14)17-12(2,3)4/h10H,6-9H2,1-5H3,(H,13,14)/t10-/m1/s1. The summed E-state index contributed by atoms with van der Waals surface area (Å²) in [5.74, 6) is 0. The van der Waals surface area contributed by atoms with Crippen LogP contribution in [0.25, 0.3) is 0 Å². The predicted molar refractivity (Wildman–Crippen MR) is 65.9 cm³/mol. The van der Waals surface area contributed by atoms with Crippen molar-refractivity contribution >= 4 is 6.09 Å². The topological polar surface area (TPSA) is 56.8 Å². The van der Waals surface area contributed by atoms with Crippen molar-refractivity contribution in [2.24, 2.45) is 0 Å². The van der Waals surface area contributed by atoms with Crippen LogP contribution in [-0.4, -0.2) is 38.2 Å². The average Bonchev–Trinajstić information content (AvgIpc) is 2.20. The quantitative estimate of drug-likeness (QED) is 0.554. The molecule has 0 saturated carbocycles. The summed E-state index contributed by atoms with van der Waals surface area (Å²) in [6, 6.07) is 0.0710. The molecule has 0 aliphatic heterocycles. The van der Waals surface area contributed by atoms with Gasteiger partial charge in [0.05, 0.1) is 6.61 Å². The van der Waals surface area contributed by atoms with Crippen molar-refractivity contribution in [3.63, 3.8) is 0 Å². The van der Waals surface area contributed by atoms with Gasteiger partial charge in [-0.2, -0.15) is 0 Å². The van der Waals surface area contributed by atoms with Gasteiger partial charge in [-0.3, -0.25) is 0 Å². The summed E-state index contributed by atoms with van der Waals surface area (Å²) in [5.41, 5.74) is -0.463. The van der Waals surface area contributed by atoms with E-state index in [2.05, 4.69) is 5.32 Å². The fraction of sp³-hybridized carbons (Fsp3) is 0.917. The number of amides is 1. The first-order valence-electron chi connectivity index (χ1n) is 5.95. The lowest BCUT2D eigenvalue weighted by Gasteiger charge is -2.23. The first kappa shape index (κ1) is 16.2. The summed E-state index contributed by atoms with van der Waals surface area (Å²) in [5, 5.41) is 2.82. The summed E-state index contributed by atoms with van der Waals surface area (Å²) in [6.45, 7) is 8.38. The van der Waals surface area contributed by atoms with Crippen molar-refractivity contribution in [1.29, 1.82) is 0 Å². The summed E-state index contributed by atoms with van der Waals surface area (Å²) >= 11 is 0. The van der Waals surface area contributed by atoms with E-state index in [4.69, 9.17) is 14.2 Å². The van der Waals surface area contributed by atoms with Crippen LogP contribution in [0, 0.1) is 0 Å². The van der Waals surface area contributed by atoms with Crippen LogP contribution >= 0.6 is 0 Å². The van der Waals surface area contributed by atoms with Crippen LogP contribution < -0.4 is 5.32 Å². The number of hydrogen-bond donors (Lipinski definition) is 1. The summed E-state index contributed by atoms with van der Waals surface area (Å²) in [6.07, 6.45) is 1.21. The fourth-order valence-corrected chi connectivity index (χ4v) is 1.22. The number of carbonyl (C=O) groups is 1. The second kappa shape index (κ2) is 8.31. The Morgan fingerprint density at radius 3 is 2.47 bits per heavy atom. The minimum Gasteiger partial charge on any atom is -0.444 e. The highest BCUT2D eigenvalue weighted by molar-refractivity contribution is 5.68. The lowest BCUT2D eigenvalue weighted by Crippen LogP contribution is -2.39. The van der Waals surface area contributed by atoms with E-state index in [1.165, 1.54) is 0 Å². The molecule has 5 heteroatoms. The van der Waals surface area contributed by atoms with Crippen molar-refractivity contribution < 1.29 is 19.0 Å². The number of ether oxygens (including phenoxy) is 3. The van der Waals surface area contributed by atoms with E-state index in [1.807, 2.05) is 27.7 Å². The van der Waals surface area contributed by atoms with Crippen LogP contribution in [0.4, 0.5) is 4.79 Å². The molecule has 0 bridgehead atoms. The zero-order valence-electron chi connectivity index (χ0n) is 11.5. The van der Waals surface area contributed by atoms with Gasteiger partial charge in [-0.15, -0.1) is 0 Å². The van der Waals surface area contributed by atoms with Crippen molar-refractivity contribution in [3.05, 3.63) is 0 Å². The van der Waals surface area contributed by atoms with E-state index >= 15 is 0 Å². The van der Waals surface area contributed by atoms with E-state index in [1.54, 1.807) is 7.11 Å². The maximum Gasteiger partial charge on any atom is 0.407 e. The molecule has 5 nitrogen and oxygen atoms in total. The van der Waals surface area contributed by atoms with Gasteiger partial charge in [-0.05, 0) is 33.6 Å². The van der Waals surface area contributed by atoms with E-state index in [-0.39, 0.29) is 18.9 Å². The number of alkyl carbamates (subject to hydrolysis) is 1. The number of nitrogens with one attached hydrogen (secondary N) is 1. The number of rotatable bonds is 7. The van der Waals surface area contributed by atoms with Gasteiger partial charge in [0.2, 0.25) is 0 Å². The van der Waals surface area contributed by atoms with Crippen molar-refractivity contribution in [1.82, 2.24) is 5.32 Å². The predicted octanol–water partition coefficient (Wildman–Crippen LogP) is 2.30. The van der Waals surface area contributed by atoms with Crippen LogP contribution in [0.2, 0.25) is 0 Å². The van der Waals surface area contributed by atoms with Gasteiger partial charge in [-0.25, -0.2) is 4.79 Å². The maximum absolute atomic E-state index is 11.5. The molecule has 0 rings (SSSR count). The molecule has 1 atom stereocenters. The summed E-state index contributed by atoms with van der Waals surface area (Å²) < 4.78 is 15.1. The normalized spacial score (nSPS) is 13.2. The Bertz CT molecular complexity index is 213. The van der Waals surface area contributed by atoms with Gasteiger partial charge in [0.15, 0.2) is 0 Å². The highest BCUT2D eigenvalue weighted by atomic mass is 16.7. The molecule has 0 unspecified atom stereocenters. The number of hydrogen-bond acceptors (Lipinski definition) is 4. The molecule has 17 heavy (non-hydrogen) atoms. The highest BCUT2D eigenvalue weighted by Crippen LogP contribution is 2.08. The number of methoxy groups -OCH3 is 1. The smallest absolute Gasteiger partial charge is 0.407 e. The molecule has 1 amide bonds. The third-order valence-corrected chi connectivity index (χ3v) is 2.03. The Kier molecular flexibility index (Phi) is 7.91. The molecule has 0 saturated heterocycles. The zero-order valence-corrected chi connectivity index (χ0v) is 11.5. The van der Waals surface area contributed by atoms with Crippen LogP contribution in [0.3, 0.4) is 0 Å². The van der Waals surface area contributed by atoms with E-state index in [0.717, 1.165) is 12.8 Å². The molecule has 0 heterocycles. The third-order valence-electron chi connectivity index (χ3n) is 2.03. The van der Waals surface area contributed by atoms with Crippen LogP contribution in [0.5, 0.6) is 0 Å². The van der Waals surface area contributed by atoms with Crippen LogP contribution in [0.15, 0.2) is 0 Å². The molecule has 0 aliphatic carbocycles.